The lowest BCUT2D eigenvalue weighted by Crippen LogP contribution is -2.01. The maximum Gasteiger partial charge on any atom is 0.163 e. The Kier molecular flexibility index (Phi) is 4.32. The second-order valence-corrected chi connectivity index (χ2v) is 4.60. The molecule has 0 atom stereocenters. The molecule has 19 heavy (non-hydrogen) atoms. The number of hydrogen-bond acceptors (Lipinski definition) is 3. The third-order valence-corrected chi connectivity index (χ3v) is 3.03. The lowest BCUT2D eigenvalue weighted by molar-refractivity contribution is 0.628. The molecule has 0 unspecified atom stereocenters. The molecule has 0 saturated carbocycles. The highest BCUT2D eigenvalue weighted by Gasteiger charge is 2.10. The average Bonchev–Trinajstić information content (AvgIpc) is 2.38. The van der Waals surface area contributed by atoms with Gasteiger partial charge in [-0.3, -0.25) is 0 Å². The number of hydrogen-bond donors (Lipinski definition) is 1. The number of benzene rings is 1. The Morgan fingerprint density at radius 3 is 2.68 bits per heavy atom. The maximum atomic E-state index is 13.1. The van der Waals surface area contributed by atoms with Gasteiger partial charge in [0.2, 0.25) is 0 Å². The Balaban J connectivity index is 2.51. The number of aryl methyl sites for hydroxylation is 1. The Hall–Kier alpha value is -1.68. The highest BCUT2D eigenvalue weighted by atomic mass is 35.5. The molecule has 3 nitrogen and oxygen atoms in total. The molecule has 1 aromatic heterocycles. The molecule has 1 heterocycles. The molecule has 0 radical (unpaired) electrons. The van der Waals surface area contributed by atoms with Crippen molar-refractivity contribution in [2.45, 2.75) is 19.8 Å². The van der Waals surface area contributed by atoms with Crippen LogP contribution in [-0.4, -0.2) is 17.0 Å². The summed E-state index contributed by atoms with van der Waals surface area (Å²) < 4.78 is 13.1. The third kappa shape index (κ3) is 3.20. The largest absolute Gasteiger partial charge is 0.373 e. The summed E-state index contributed by atoms with van der Waals surface area (Å²) in [6, 6.07) is 6.13. The van der Waals surface area contributed by atoms with Gasteiger partial charge in [-0.25, -0.2) is 14.4 Å². The summed E-state index contributed by atoms with van der Waals surface area (Å²) in [5.74, 6) is 0.876. The first-order valence-corrected chi connectivity index (χ1v) is 6.53. The van der Waals surface area contributed by atoms with Crippen molar-refractivity contribution in [1.82, 2.24) is 9.97 Å². The average molecular weight is 280 g/mol. The van der Waals surface area contributed by atoms with Crippen LogP contribution in [-0.2, 0) is 6.42 Å². The normalized spacial score (nSPS) is 10.5. The molecule has 1 aromatic carbocycles. The van der Waals surface area contributed by atoms with Crippen LogP contribution in [0, 0.1) is 5.82 Å². The van der Waals surface area contributed by atoms with Gasteiger partial charge >= 0.3 is 0 Å². The molecular weight excluding hydrogens is 265 g/mol. The molecule has 0 spiro atoms. The number of nitrogens with zero attached hydrogens (tertiary/aromatic N) is 2. The molecule has 5 heteroatoms. The van der Waals surface area contributed by atoms with Crippen LogP contribution in [0.5, 0.6) is 0 Å². The first-order valence-electron chi connectivity index (χ1n) is 6.15. The van der Waals surface area contributed by atoms with Gasteiger partial charge < -0.3 is 5.32 Å². The monoisotopic (exact) mass is 279 g/mol. The SMILES string of the molecule is CCCc1cc(NC)nc(-c2ccc(F)cc2Cl)n1. The van der Waals surface area contributed by atoms with Crippen LogP contribution >= 0.6 is 11.6 Å². The summed E-state index contributed by atoms with van der Waals surface area (Å²) in [6.07, 6.45) is 1.86. The zero-order valence-corrected chi connectivity index (χ0v) is 11.6. The van der Waals surface area contributed by atoms with E-state index in [2.05, 4.69) is 22.2 Å². The Bertz CT molecular complexity index is 587. The zero-order chi connectivity index (χ0) is 13.8. The summed E-state index contributed by atoms with van der Waals surface area (Å²) in [4.78, 5) is 8.84. The van der Waals surface area contributed by atoms with Gasteiger partial charge in [0.25, 0.3) is 0 Å². The van der Waals surface area contributed by atoms with Crippen LogP contribution in [0.4, 0.5) is 10.2 Å². The summed E-state index contributed by atoms with van der Waals surface area (Å²) in [7, 11) is 1.80. The van der Waals surface area contributed by atoms with E-state index in [9.17, 15) is 4.39 Å². The van der Waals surface area contributed by atoms with Crippen LogP contribution in [0.15, 0.2) is 24.3 Å². The summed E-state index contributed by atoms with van der Waals surface area (Å²) in [5, 5.41) is 3.31. The Morgan fingerprint density at radius 2 is 2.05 bits per heavy atom. The minimum Gasteiger partial charge on any atom is -0.373 e. The topological polar surface area (TPSA) is 37.8 Å². The van der Waals surface area contributed by atoms with Gasteiger partial charge in [0.1, 0.15) is 11.6 Å². The van der Waals surface area contributed by atoms with Gasteiger partial charge in [-0.05, 0) is 24.6 Å². The quantitative estimate of drug-likeness (QED) is 0.921. The number of anilines is 1. The van der Waals surface area contributed by atoms with E-state index in [1.54, 1.807) is 13.1 Å². The van der Waals surface area contributed by atoms with E-state index in [1.807, 2.05) is 6.07 Å². The van der Waals surface area contributed by atoms with Crippen molar-refractivity contribution in [3.05, 3.63) is 40.8 Å². The van der Waals surface area contributed by atoms with Gasteiger partial charge in [0.15, 0.2) is 5.82 Å². The smallest absolute Gasteiger partial charge is 0.163 e. The number of halogens is 2. The second-order valence-electron chi connectivity index (χ2n) is 4.19. The standard InChI is InChI=1S/C14H15ClFN3/c1-3-4-10-8-13(17-2)19-14(18-10)11-6-5-9(16)7-12(11)15/h5-8H,3-4H2,1-2H3,(H,17,18,19). The molecule has 2 rings (SSSR count). The minimum absolute atomic E-state index is 0.315. The Labute approximate surface area is 116 Å². The van der Waals surface area contributed by atoms with Gasteiger partial charge in [-0.2, -0.15) is 0 Å². The van der Waals surface area contributed by atoms with E-state index in [-0.39, 0.29) is 5.82 Å². The first-order chi connectivity index (χ1) is 9.13. The van der Waals surface area contributed by atoms with Gasteiger partial charge in [0.05, 0.1) is 5.02 Å². The van der Waals surface area contributed by atoms with Crippen molar-refractivity contribution in [2.75, 3.05) is 12.4 Å². The van der Waals surface area contributed by atoms with E-state index >= 15 is 0 Å². The van der Waals surface area contributed by atoms with E-state index < -0.39 is 0 Å². The molecule has 0 bridgehead atoms. The Morgan fingerprint density at radius 1 is 1.26 bits per heavy atom. The fraction of sp³-hybridized carbons (Fsp3) is 0.286. The van der Waals surface area contributed by atoms with Crippen molar-refractivity contribution >= 4 is 17.4 Å². The number of rotatable bonds is 4. The van der Waals surface area contributed by atoms with Crippen molar-refractivity contribution < 1.29 is 4.39 Å². The molecule has 1 N–H and O–H groups in total. The predicted molar refractivity (Wildman–Crippen MR) is 76.0 cm³/mol. The lowest BCUT2D eigenvalue weighted by atomic mass is 10.2. The van der Waals surface area contributed by atoms with E-state index in [0.717, 1.165) is 24.4 Å². The van der Waals surface area contributed by atoms with Gasteiger partial charge in [-0.15, -0.1) is 0 Å². The highest BCUT2D eigenvalue weighted by molar-refractivity contribution is 6.33. The molecule has 0 fully saturated rings. The van der Waals surface area contributed by atoms with Crippen LogP contribution in [0.3, 0.4) is 0 Å². The van der Waals surface area contributed by atoms with E-state index in [4.69, 9.17) is 11.6 Å². The van der Waals surface area contributed by atoms with Gasteiger partial charge in [-0.1, -0.05) is 24.9 Å². The zero-order valence-electron chi connectivity index (χ0n) is 10.9. The minimum atomic E-state index is -0.368. The molecule has 0 aliphatic rings. The first kappa shape index (κ1) is 13.7. The molecule has 0 aliphatic heterocycles. The molecule has 0 saturated heterocycles. The van der Waals surface area contributed by atoms with Gasteiger partial charge in [0, 0.05) is 24.4 Å². The van der Waals surface area contributed by atoms with Crippen LogP contribution in [0.25, 0.3) is 11.4 Å². The molecule has 2 aromatic rings. The second kappa shape index (κ2) is 5.97. The lowest BCUT2D eigenvalue weighted by Gasteiger charge is -2.08. The number of nitrogens with one attached hydrogen (secondary N) is 1. The van der Waals surface area contributed by atoms with Crippen LogP contribution < -0.4 is 5.32 Å². The summed E-state index contributed by atoms with van der Waals surface area (Å²) >= 11 is 6.05. The van der Waals surface area contributed by atoms with E-state index in [0.29, 0.717) is 16.4 Å². The number of aromatic nitrogens is 2. The van der Waals surface area contributed by atoms with Crippen molar-refractivity contribution in [1.29, 1.82) is 0 Å². The maximum absolute atomic E-state index is 13.1. The van der Waals surface area contributed by atoms with Crippen molar-refractivity contribution in [3.8, 4) is 11.4 Å². The van der Waals surface area contributed by atoms with Crippen molar-refractivity contribution in [2.24, 2.45) is 0 Å². The summed E-state index contributed by atoms with van der Waals surface area (Å²) in [6.45, 7) is 2.09. The fourth-order valence-corrected chi connectivity index (χ4v) is 2.05. The van der Waals surface area contributed by atoms with E-state index in [1.165, 1.54) is 12.1 Å². The fourth-order valence-electron chi connectivity index (χ4n) is 1.80. The molecule has 0 aliphatic carbocycles. The summed E-state index contributed by atoms with van der Waals surface area (Å²) in [5.41, 5.74) is 1.58. The third-order valence-electron chi connectivity index (χ3n) is 2.71. The predicted octanol–water partition coefficient (Wildman–Crippen LogP) is 3.93. The molecule has 0 amide bonds. The van der Waals surface area contributed by atoms with Crippen molar-refractivity contribution in [3.63, 3.8) is 0 Å². The van der Waals surface area contributed by atoms with Crippen LogP contribution in [0.2, 0.25) is 5.02 Å². The molecule has 100 valence electrons. The highest BCUT2D eigenvalue weighted by Crippen LogP contribution is 2.27. The van der Waals surface area contributed by atoms with Crippen LogP contribution in [0.1, 0.15) is 19.0 Å². The molecular formula is C14H15ClFN3.